The standard InChI is InChI=1S/C23H25N3O6S.ClH/c1-13(24)20(27)25-18(22(29)31-2)11-14-3-7-16(8-4-14)32-17-9-5-15(6-10-17)12-19-21(28)26-23(30)33-19;/h3-10,13,18-19H,11-12,24H2,1-2H3,(H,25,27)(H,26,28,30);1H. The van der Waals surface area contributed by atoms with E-state index in [1.165, 1.54) is 14.0 Å². The van der Waals surface area contributed by atoms with Crippen LogP contribution in [0.15, 0.2) is 48.5 Å². The second kappa shape index (κ2) is 12.4. The number of esters is 1. The van der Waals surface area contributed by atoms with Gasteiger partial charge in [0.15, 0.2) is 0 Å². The zero-order chi connectivity index (χ0) is 24.0. The minimum Gasteiger partial charge on any atom is -0.467 e. The quantitative estimate of drug-likeness (QED) is 0.440. The highest BCUT2D eigenvalue weighted by Crippen LogP contribution is 2.26. The number of hydrogen-bond donors (Lipinski definition) is 3. The predicted molar refractivity (Wildman–Crippen MR) is 130 cm³/mol. The monoisotopic (exact) mass is 507 g/mol. The number of ether oxygens (including phenoxy) is 2. The van der Waals surface area contributed by atoms with Crippen molar-refractivity contribution in [1.82, 2.24) is 10.6 Å². The summed E-state index contributed by atoms with van der Waals surface area (Å²) in [6.07, 6.45) is 0.702. The van der Waals surface area contributed by atoms with Gasteiger partial charge in [-0.3, -0.25) is 19.7 Å². The molecule has 0 saturated carbocycles. The fraction of sp³-hybridized carbons (Fsp3) is 0.304. The molecule has 1 aliphatic heterocycles. The smallest absolute Gasteiger partial charge is 0.328 e. The highest BCUT2D eigenvalue weighted by atomic mass is 35.5. The van der Waals surface area contributed by atoms with Crippen LogP contribution >= 0.6 is 24.2 Å². The number of methoxy groups -OCH3 is 1. The van der Waals surface area contributed by atoms with E-state index in [4.69, 9.17) is 15.2 Å². The molecule has 11 heteroatoms. The largest absolute Gasteiger partial charge is 0.467 e. The molecule has 0 aliphatic carbocycles. The molecule has 4 N–H and O–H groups in total. The SMILES string of the molecule is COC(=O)C(Cc1ccc(Oc2ccc(CC3SC(=O)NC3=O)cc2)cc1)NC(=O)C(C)N.Cl. The maximum Gasteiger partial charge on any atom is 0.328 e. The first kappa shape index (κ1) is 27.2. The van der Waals surface area contributed by atoms with Gasteiger partial charge < -0.3 is 20.5 Å². The van der Waals surface area contributed by atoms with Crippen molar-refractivity contribution >= 4 is 47.2 Å². The topological polar surface area (TPSA) is 137 Å². The van der Waals surface area contributed by atoms with Gasteiger partial charge in [0, 0.05) is 6.42 Å². The third kappa shape index (κ3) is 7.47. The summed E-state index contributed by atoms with van der Waals surface area (Å²) in [5.41, 5.74) is 7.29. The Morgan fingerprint density at radius 2 is 1.62 bits per heavy atom. The average molecular weight is 508 g/mol. The summed E-state index contributed by atoms with van der Waals surface area (Å²) in [7, 11) is 1.26. The number of hydrogen-bond acceptors (Lipinski definition) is 8. The summed E-state index contributed by atoms with van der Waals surface area (Å²) in [4.78, 5) is 46.9. The molecule has 0 radical (unpaired) electrons. The third-order valence-corrected chi connectivity index (χ3v) is 5.91. The molecule has 0 bridgehead atoms. The van der Waals surface area contributed by atoms with Crippen molar-refractivity contribution in [2.45, 2.75) is 37.1 Å². The Kier molecular flexibility index (Phi) is 9.91. The van der Waals surface area contributed by atoms with Crippen LogP contribution in [0.3, 0.4) is 0 Å². The molecule has 3 atom stereocenters. The Balaban J connectivity index is 0.00000408. The minimum atomic E-state index is -0.844. The summed E-state index contributed by atoms with van der Waals surface area (Å²) in [5, 5.41) is 4.14. The molecule has 182 valence electrons. The molecule has 0 aromatic heterocycles. The van der Waals surface area contributed by atoms with Crippen LogP contribution in [0.2, 0.25) is 0 Å². The number of carbonyl (C=O) groups excluding carboxylic acids is 4. The van der Waals surface area contributed by atoms with Crippen molar-refractivity contribution in [2.24, 2.45) is 5.73 Å². The number of carbonyl (C=O) groups is 4. The fourth-order valence-corrected chi connectivity index (χ4v) is 4.00. The highest BCUT2D eigenvalue weighted by Gasteiger charge is 2.31. The fourth-order valence-electron chi connectivity index (χ4n) is 3.14. The number of thioether (sulfide) groups is 1. The molecule has 0 spiro atoms. The van der Waals surface area contributed by atoms with Crippen molar-refractivity contribution in [3.63, 3.8) is 0 Å². The molecule has 2 aromatic rings. The number of benzene rings is 2. The van der Waals surface area contributed by atoms with Crippen molar-refractivity contribution < 1.29 is 28.7 Å². The molecule has 3 amide bonds. The van der Waals surface area contributed by atoms with Crippen LogP contribution < -0.4 is 21.1 Å². The number of halogens is 1. The highest BCUT2D eigenvalue weighted by molar-refractivity contribution is 8.15. The second-order valence-corrected chi connectivity index (χ2v) is 8.73. The van der Waals surface area contributed by atoms with Gasteiger partial charge in [-0.2, -0.15) is 0 Å². The van der Waals surface area contributed by atoms with Gasteiger partial charge in [-0.15, -0.1) is 12.4 Å². The summed E-state index contributed by atoms with van der Waals surface area (Å²) in [6.45, 7) is 1.54. The van der Waals surface area contributed by atoms with Crippen molar-refractivity contribution in [3.05, 3.63) is 59.7 Å². The molecule has 2 aromatic carbocycles. The zero-order valence-electron chi connectivity index (χ0n) is 18.6. The van der Waals surface area contributed by atoms with Crippen LogP contribution in [0, 0.1) is 0 Å². The van der Waals surface area contributed by atoms with Crippen LogP contribution in [-0.2, 0) is 32.0 Å². The van der Waals surface area contributed by atoms with Crippen LogP contribution in [-0.4, -0.2) is 47.5 Å². The minimum absolute atomic E-state index is 0. The van der Waals surface area contributed by atoms with Gasteiger partial charge >= 0.3 is 5.97 Å². The van der Waals surface area contributed by atoms with E-state index in [-0.39, 0.29) is 30.0 Å². The molecular formula is C23H26ClN3O6S. The molecule has 1 saturated heterocycles. The van der Waals surface area contributed by atoms with Gasteiger partial charge in [0.1, 0.15) is 17.5 Å². The Bertz CT molecular complexity index is 1030. The molecule has 3 unspecified atom stereocenters. The second-order valence-electron chi connectivity index (χ2n) is 7.55. The van der Waals surface area contributed by atoms with Crippen LogP contribution in [0.4, 0.5) is 4.79 Å². The van der Waals surface area contributed by atoms with E-state index in [0.29, 0.717) is 17.9 Å². The van der Waals surface area contributed by atoms with Gasteiger partial charge in [0.2, 0.25) is 11.8 Å². The number of nitrogens with two attached hydrogens (primary N) is 1. The van der Waals surface area contributed by atoms with E-state index >= 15 is 0 Å². The maximum atomic E-state index is 12.0. The molecule has 3 rings (SSSR count). The lowest BCUT2D eigenvalue weighted by atomic mass is 10.1. The van der Waals surface area contributed by atoms with E-state index in [1.54, 1.807) is 36.4 Å². The van der Waals surface area contributed by atoms with E-state index in [1.807, 2.05) is 12.1 Å². The predicted octanol–water partition coefficient (Wildman–Crippen LogP) is 2.34. The summed E-state index contributed by atoms with van der Waals surface area (Å²) < 4.78 is 10.6. The lowest BCUT2D eigenvalue weighted by Crippen LogP contribution is -2.48. The first-order chi connectivity index (χ1) is 15.7. The number of rotatable bonds is 9. The Hall–Kier alpha value is -3.08. The lowest BCUT2D eigenvalue weighted by molar-refractivity contribution is -0.145. The first-order valence-corrected chi connectivity index (χ1v) is 11.1. The zero-order valence-corrected chi connectivity index (χ0v) is 20.2. The third-order valence-electron chi connectivity index (χ3n) is 4.93. The van der Waals surface area contributed by atoms with Crippen molar-refractivity contribution in [3.8, 4) is 11.5 Å². The summed E-state index contributed by atoms with van der Waals surface area (Å²) in [6, 6.07) is 12.8. The Labute approximate surface area is 207 Å². The first-order valence-electron chi connectivity index (χ1n) is 10.3. The van der Waals surface area contributed by atoms with Gasteiger partial charge in [-0.1, -0.05) is 36.0 Å². The number of amides is 3. The normalized spacial score (nSPS) is 16.6. The van der Waals surface area contributed by atoms with Crippen molar-refractivity contribution in [1.29, 1.82) is 0 Å². The van der Waals surface area contributed by atoms with Gasteiger partial charge in [0.05, 0.1) is 18.4 Å². The molecule has 9 nitrogen and oxygen atoms in total. The number of nitrogens with one attached hydrogen (secondary N) is 2. The summed E-state index contributed by atoms with van der Waals surface area (Å²) in [5.74, 6) is -0.0495. The average Bonchev–Trinajstić information content (AvgIpc) is 3.11. The van der Waals surface area contributed by atoms with E-state index < -0.39 is 29.2 Å². The van der Waals surface area contributed by atoms with Crippen LogP contribution in [0.25, 0.3) is 0 Å². The Morgan fingerprint density at radius 1 is 1.06 bits per heavy atom. The number of imide groups is 1. The van der Waals surface area contributed by atoms with E-state index in [0.717, 1.165) is 22.9 Å². The van der Waals surface area contributed by atoms with E-state index in [2.05, 4.69) is 10.6 Å². The summed E-state index contributed by atoms with van der Waals surface area (Å²) >= 11 is 0.999. The molecule has 1 heterocycles. The maximum absolute atomic E-state index is 12.0. The Morgan fingerprint density at radius 3 is 2.09 bits per heavy atom. The molecule has 1 fully saturated rings. The lowest BCUT2D eigenvalue weighted by Gasteiger charge is -2.18. The van der Waals surface area contributed by atoms with Gasteiger partial charge in [0.25, 0.3) is 5.24 Å². The molecule has 1 aliphatic rings. The molecule has 34 heavy (non-hydrogen) atoms. The molecular weight excluding hydrogens is 482 g/mol. The van der Waals surface area contributed by atoms with Crippen LogP contribution in [0.5, 0.6) is 11.5 Å². The van der Waals surface area contributed by atoms with Crippen molar-refractivity contribution in [2.75, 3.05) is 7.11 Å². The van der Waals surface area contributed by atoms with Crippen LogP contribution in [0.1, 0.15) is 18.1 Å². The van der Waals surface area contributed by atoms with E-state index in [9.17, 15) is 19.2 Å². The van der Waals surface area contributed by atoms with Gasteiger partial charge in [-0.05, 0) is 48.7 Å². The van der Waals surface area contributed by atoms with Gasteiger partial charge in [-0.25, -0.2) is 4.79 Å².